The Bertz CT molecular complexity index is 1280. The Balaban J connectivity index is 1.38. The minimum absolute atomic E-state index is 0.0400. The molecule has 7 nitrogen and oxygen atoms in total. The number of benzene rings is 2. The molecule has 186 valence electrons. The molecule has 1 N–H and O–H groups in total. The summed E-state index contributed by atoms with van der Waals surface area (Å²) in [6.07, 6.45) is -3.71. The Hall–Kier alpha value is -3.18. The number of aromatic nitrogens is 1. The van der Waals surface area contributed by atoms with E-state index < -0.39 is 21.8 Å². The Morgan fingerprint density at radius 1 is 0.971 bits per heavy atom. The predicted octanol–water partition coefficient (Wildman–Crippen LogP) is 4.89. The molecule has 12 heteroatoms. The fourth-order valence-corrected chi connectivity index (χ4v) is 5.05. The van der Waals surface area contributed by atoms with Gasteiger partial charge in [0.25, 0.3) is 10.0 Å². The highest BCUT2D eigenvalue weighted by molar-refractivity contribution is 7.92. The van der Waals surface area contributed by atoms with Crippen molar-refractivity contribution in [1.82, 2.24) is 4.98 Å². The lowest BCUT2D eigenvalue weighted by molar-refractivity contribution is -0.137. The van der Waals surface area contributed by atoms with Gasteiger partial charge < -0.3 is 14.5 Å². The van der Waals surface area contributed by atoms with Crippen LogP contribution in [0.1, 0.15) is 5.56 Å². The SMILES string of the molecule is COc1ccc(S(=O)(=O)Nc2ccc(N3CCN(c4ncc(C(F)(F)F)cc4Cl)CC3)cc2)cc1. The third kappa shape index (κ3) is 5.73. The van der Waals surface area contributed by atoms with E-state index in [0.717, 1.165) is 18.0 Å². The Kier molecular flexibility index (Phi) is 7.00. The van der Waals surface area contributed by atoms with Crippen LogP contribution in [-0.2, 0) is 16.2 Å². The zero-order chi connectivity index (χ0) is 25.2. The van der Waals surface area contributed by atoms with Crippen molar-refractivity contribution in [3.05, 3.63) is 71.4 Å². The molecule has 0 spiro atoms. The van der Waals surface area contributed by atoms with Crippen LogP contribution in [0.25, 0.3) is 0 Å². The van der Waals surface area contributed by atoms with Gasteiger partial charge in [0, 0.05) is 43.8 Å². The first-order valence-electron chi connectivity index (χ1n) is 10.6. The van der Waals surface area contributed by atoms with Crippen molar-refractivity contribution in [2.45, 2.75) is 11.1 Å². The van der Waals surface area contributed by atoms with Gasteiger partial charge in [-0.05, 0) is 54.6 Å². The average Bonchev–Trinajstić information content (AvgIpc) is 2.84. The van der Waals surface area contributed by atoms with Crippen LogP contribution in [-0.4, -0.2) is 46.7 Å². The number of nitrogens with zero attached hydrogens (tertiary/aromatic N) is 3. The first-order chi connectivity index (χ1) is 16.6. The molecule has 35 heavy (non-hydrogen) atoms. The summed E-state index contributed by atoms with van der Waals surface area (Å²) in [6, 6.07) is 13.9. The molecule has 0 atom stereocenters. The van der Waals surface area contributed by atoms with Crippen molar-refractivity contribution in [2.24, 2.45) is 0 Å². The molecule has 1 fully saturated rings. The van der Waals surface area contributed by atoms with Crippen LogP contribution in [0.3, 0.4) is 0 Å². The van der Waals surface area contributed by atoms with Crippen molar-refractivity contribution in [3.63, 3.8) is 0 Å². The lowest BCUT2D eigenvalue weighted by Crippen LogP contribution is -2.47. The van der Waals surface area contributed by atoms with E-state index in [-0.39, 0.29) is 9.92 Å². The van der Waals surface area contributed by atoms with Crippen molar-refractivity contribution in [2.75, 3.05) is 47.8 Å². The Morgan fingerprint density at radius 3 is 2.11 bits per heavy atom. The van der Waals surface area contributed by atoms with Gasteiger partial charge in [-0.25, -0.2) is 13.4 Å². The third-order valence-corrected chi connectivity index (χ3v) is 7.26. The van der Waals surface area contributed by atoms with Crippen LogP contribution in [0.4, 0.5) is 30.4 Å². The molecule has 4 rings (SSSR count). The summed E-state index contributed by atoms with van der Waals surface area (Å²) >= 11 is 6.07. The normalized spacial score (nSPS) is 14.7. The number of anilines is 3. The molecule has 1 saturated heterocycles. The molecule has 0 saturated carbocycles. The maximum atomic E-state index is 12.9. The second-order valence-electron chi connectivity index (χ2n) is 7.83. The number of hydrogen-bond acceptors (Lipinski definition) is 6. The van der Waals surface area contributed by atoms with Gasteiger partial charge >= 0.3 is 6.18 Å². The minimum Gasteiger partial charge on any atom is -0.497 e. The zero-order valence-corrected chi connectivity index (χ0v) is 20.2. The van der Waals surface area contributed by atoms with Crippen LogP contribution >= 0.6 is 11.6 Å². The maximum Gasteiger partial charge on any atom is 0.417 e. The molecular weight excluding hydrogens is 505 g/mol. The molecule has 0 bridgehead atoms. The number of hydrogen-bond donors (Lipinski definition) is 1. The summed E-state index contributed by atoms with van der Waals surface area (Å²) in [5.74, 6) is 0.882. The number of alkyl halides is 3. The second-order valence-corrected chi connectivity index (χ2v) is 9.92. The van der Waals surface area contributed by atoms with Crippen molar-refractivity contribution in [3.8, 4) is 5.75 Å². The number of pyridine rings is 1. The highest BCUT2D eigenvalue weighted by atomic mass is 35.5. The van der Waals surface area contributed by atoms with Gasteiger partial charge in [-0.15, -0.1) is 0 Å². The summed E-state index contributed by atoms with van der Waals surface area (Å²) in [5, 5.41) is -0.0400. The molecule has 2 heterocycles. The predicted molar refractivity (Wildman–Crippen MR) is 129 cm³/mol. The molecular formula is C23H22ClF3N4O3S. The van der Waals surface area contributed by atoms with Gasteiger partial charge in [-0.2, -0.15) is 13.2 Å². The van der Waals surface area contributed by atoms with Gasteiger partial charge in [0.15, 0.2) is 0 Å². The van der Waals surface area contributed by atoms with Crippen LogP contribution < -0.4 is 19.3 Å². The lowest BCUT2D eigenvalue weighted by Gasteiger charge is -2.37. The average molecular weight is 527 g/mol. The fourth-order valence-electron chi connectivity index (χ4n) is 3.70. The van der Waals surface area contributed by atoms with Gasteiger partial charge in [-0.1, -0.05) is 11.6 Å². The first kappa shape index (κ1) is 24.9. The van der Waals surface area contributed by atoms with Crippen molar-refractivity contribution in [1.29, 1.82) is 0 Å². The summed E-state index contributed by atoms with van der Waals surface area (Å²) in [6.45, 7) is 2.22. The number of nitrogens with one attached hydrogen (secondary N) is 1. The van der Waals surface area contributed by atoms with E-state index in [0.29, 0.717) is 43.4 Å². The molecule has 1 aliphatic rings. The number of ether oxygens (including phenoxy) is 1. The molecule has 0 amide bonds. The Labute approximate surface area is 206 Å². The first-order valence-corrected chi connectivity index (χ1v) is 12.4. The fraction of sp³-hybridized carbons (Fsp3) is 0.261. The number of piperazine rings is 1. The summed E-state index contributed by atoms with van der Waals surface area (Å²) in [5.41, 5.74) is 0.431. The van der Waals surface area contributed by atoms with Crippen LogP contribution in [0, 0.1) is 0 Å². The zero-order valence-electron chi connectivity index (χ0n) is 18.6. The maximum absolute atomic E-state index is 12.9. The van der Waals surface area contributed by atoms with Crippen LogP contribution in [0.5, 0.6) is 5.75 Å². The number of sulfonamides is 1. The highest BCUT2D eigenvalue weighted by Gasteiger charge is 2.32. The monoisotopic (exact) mass is 526 g/mol. The standard InChI is InChI=1S/C23H22ClF3N4O3S/c1-34-19-6-8-20(9-7-19)35(32,33)29-17-2-4-18(5-3-17)30-10-12-31(13-11-30)22-21(24)14-16(15-28-22)23(25,26)27/h2-9,14-15,29H,10-13H2,1H3. The largest absolute Gasteiger partial charge is 0.497 e. The molecule has 2 aromatic carbocycles. The van der Waals surface area contributed by atoms with E-state index in [1.54, 1.807) is 24.3 Å². The smallest absolute Gasteiger partial charge is 0.417 e. The molecule has 3 aromatic rings. The van der Waals surface area contributed by atoms with E-state index in [1.807, 2.05) is 17.0 Å². The highest BCUT2D eigenvalue weighted by Crippen LogP contribution is 2.34. The van der Waals surface area contributed by atoms with E-state index in [2.05, 4.69) is 14.6 Å². The lowest BCUT2D eigenvalue weighted by atomic mass is 10.2. The van der Waals surface area contributed by atoms with E-state index in [4.69, 9.17) is 16.3 Å². The number of rotatable bonds is 6. The number of methoxy groups -OCH3 is 1. The van der Waals surface area contributed by atoms with E-state index >= 15 is 0 Å². The second kappa shape index (κ2) is 9.82. The van der Waals surface area contributed by atoms with Gasteiger partial charge in [0.1, 0.15) is 11.6 Å². The number of halogens is 4. The minimum atomic E-state index is -4.50. The van der Waals surface area contributed by atoms with Gasteiger partial charge in [-0.3, -0.25) is 4.72 Å². The van der Waals surface area contributed by atoms with Crippen LogP contribution in [0.15, 0.2) is 65.7 Å². The topological polar surface area (TPSA) is 74.8 Å². The van der Waals surface area contributed by atoms with E-state index in [9.17, 15) is 21.6 Å². The summed E-state index contributed by atoms with van der Waals surface area (Å²) < 4.78 is 71.4. The Morgan fingerprint density at radius 2 is 1.57 bits per heavy atom. The molecule has 0 radical (unpaired) electrons. The third-order valence-electron chi connectivity index (χ3n) is 5.58. The van der Waals surface area contributed by atoms with Gasteiger partial charge in [0.05, 0.1) is 22.6 Å². The van der Waals surface area contributed by atoms with Crippen molar-refractivity contribution < 1.29 is 26.3 Å². The van der Waals surface area contributed by atoms with E-state index in [1.165, 1.54) is 19.2 Å². The van der Waals surface area contributed by atoms with Gasteiger partial charge in [0.2, 0.25) is 0 Å². The molecule has 0 unspecified atom stereocenters. The molecule has 0 aliphatic carbocycles. The summed E-state index contributed by atoms with van der Waals surface area (Å²) in [7, 11) is -2.24. The molecule has 1 aromatic heterocycles. The quantitative estimate of drug-likeness (QED) is 0.493. The van der Waals surface area contributed by atoms with Crippen molar-refractivity contribution >= 4 is 38.8 Å². The summed E-state index contributed by atoms with van der Waals surface area (Å²) in [4.78, 5) is 7.99. The van der Waals surface area contributed by atoms with Crippen LogP contribution in [0.2, 0.25) is 5.02 Å². The molecule has 1 aliphatic heterocycles.